The molecule has 0 amide bonds. The third-order valence-electron chi connectivity index (χ3n) is 3.37. The van der Waals surface area contributed by atoms with Crippen LogP contribution in [0.1, 0.15) is 12.8 Å². The molecule has 0 saturated carbocycles. The van der Waals surface area contributed by atoms with E-state index in [0.717, 1.165) is 0 Å². The van der Waals surface area contributed by atoms with Gasteiger partial charge in [0.1, 0.15) is 16.9 Å². The van der Waals surface area contributed by atoms with E-state index in [1.165, 1.54) is 14.2 Å². The molecule has 22 heavy (non-hydrogen) atoms. The van der Waals surface area contributed by atoms with Gasteiger partial charge in [-0.3, -0.25) is 9.59 Å². The van der Waals surface area contributed by atoms with E-state index in [2.05, 4.69) is 4.74 Å². The van der Waals surface area contributed by atoms with Gasteiger partial charge in [0.15, 0.2) is 0 Å². The van der Waals surface area contributed by atoms with Crippen LogP contribution < -0.4 is 4.74 Å². The predicted octanol–water partition coefficient (Wildman–Crippen LogP) is 2.63. The van der Waals surface area contributed by atoms with Gasteiger partial charge in [0, 0.05) is 6.42 Å². The van der Waals surface area contributed by atoms with Gasteiger partial charge in [-0.1, -0.05) is 30.4 Å². The number of benzene rings is 1. The maximum Gasteiger partial charge on any atom is 0.320 e. The molecule has 0 aromatic heterocycles. The van der Waals surface area contributed by atoms with E-state index in [0.29, 0.717) is 17.9 Å². The molecule has 5 nitrogen and oxygen atoms in total. The average molecular weight is 302 g/mol. The molecule has 2 rings (SSSR count). The molecule has 0 aliphatic heterocycles. The van der Waals surface area contributed by atoms with Crippen molar-refractivity contribution >= 4 is 11.9 Å². The normalized spacial score (nSPS) is 20.0. The van der Waals surface area contributed by atoms with Crippen molar-refractivity contribution in [3.63, 3.8) is 0 Å². The zero-order chi connectivity index (χ0) is 16.0. The van der Waals surface area contributed by atoms with Crippen molar-refractivity contribution in [2.24, 2.45) is 5.41 Å². The number of hydrogen-bond acceptors (Lipinski definition) is 5. The second kappa shape index (κ2) is 6.93. The van der Waals surface area contributed by atoms with Crippen molar-refractivity contribution in [3.8, 4) is 5.75 Å². The molecular weight excluding hydrogens is 284 g/mol. The third kappa shape index (κ3) is 3.55. The molecule has 0 fully saturated rings. The number of para-hydroxylation sites is 1. The summed E-state index contributed by atoms with van der Waals surface area (Å²) in [6.45, 7) is 0. The number of carbonyl (C=O) groups is 2. The molecule has 0 spiro atoms. The van der Waals surface area contributed by atoms with Gasteiger partial charge in [-0.25, -0.2) is 0 Å². The highest BCUT2D eigenvalue weighted by atomic mass is 16.5. The van der Waals surface area contributed by atoms with Crippen molar-refractivity contribution < 1.29 is 23.8 Å². The van der Waals surface area contributed by atoms with E-state index in [4.69, 9.17) is 9.47 Å². The Morgan fingerprint density at radius 3 is 2.50 bits per heavy atom. The fraction of sp³-hybridized carbons (Fsp3) is 0.294. The molecule has 1 aromatic carbocycles. The van der Waals surface area contributed by atoms with E-state index in [9.17, 15) is 9.59 Å². The van der Waals surface area contributed by atoms with E-state index < -0.39 is 17.4 Å². The van der Waals surface area contributed by atoms with Crippen LogP contribution in [0.4, 0.5) is 0 Å². The minimum absolute atomic E-state index is 0.131. The van der Waals surface area contributed by atoms with Gasteiger partial charge in [-0.2, -0.15) is 0 Å². The van der Waals surface area contributed by atoms with Gasteiger partial charge >= 0.3 is 11.9 Å². The Morgan fingerprint density at radius 2 is 1.86 bits per heavy atom. The molecule has 0 heterocycles. The van der Waals surface area contributed by atoms with Gasteiger partial charge in [-0.15, -0.1) is 0 Å². The smallest absolute Gasteiger partial charge is 0.320 e. The van der Waals surface area contributed by atoms with E-state index in [-0.39, 0.29) is 6.42 Å². The van der Waals surface area contributed by atoms with E-state index in [1.807, 2.05) is 30.3 Å². The standard InChI is InChI=1S/C17H18O5/c1-20-15(18)12-17(16(19)21-2)10-6-9-14(11-17)22-13-7-4-3-5-8-13/h3-8,10-11H,9,12H2,1-2H3. The van der Waals surface area contributed by atoms with Crippen LogP contribution in [0.3, 0.4) is 0 Å². The average Bonchev–Trinajstić information content (AvgIpc) is 2.55. The van der Waals surface area contributed by atoms with Crippen molar-refractivity contribution in [2.75, 3.05) is 14.2 Å². The molecule has 1 unspecified atom stereocenters. The summed E-state index contributed by atoms with van der Waals surface area (Å²) >= 11 is 0. The molecule has 5 heteroatoms. The van der Waals surface area contributed by atoms with Crippen LogP contribution in [0, 0.1) is 5.41 Å². The van der Waals surface area contributed by atoms with Crippen molar-refractivity contribution in [2.45, 2.75) is 12.8 Å². The molecule has 0 radical (unpaired) electrons. The minimum Gasteiger partial charge on any atom is -0.469 e. The highest BCUT2D eigenvalue weighted by Crippen LogP contribution is 2.35. The molecule has 0 saturated heterocycles. The van der Waals surface area contributed by atoms with Crippen LogP contribution >= 0.6 is 0 Å². The highest BCUT2D eigenvalue weighted by Gasteiger charge is 2.40. The van der Waals surface area contributed by atoms with Crippen LogP contribution in [-0.2, 0) is 19.1 Å². The Bertz CT molecular complexity index is 603. The van der Waals surface area contributed by atoms with Gasteiger partial charge < -0.3 is 14.2 Å². The lowest BCUT2D eigenvalue weighted by Crippen LogP contribution is -2.33. The lowest BCUT2D eigenvalue weighted by atomic mass is 9.80. The summed E-state index contributed by atoms with van der Waals surface area (Å²) < 4.78 is 15.3. The molecular formula is C17H18O5. The number of rotatable bonds is 5. The zero-order valence-corrected chi connectivity index (χ0v) is 12.6. The summed E-state index contributed by atoms with van der Waals surface area (Å²) in [6, 6.07) is 9.24. The fourth-order valence-corrected chi connectivity index (χ4v) is 2.30. The Morgan fingerprint density at radius 1 is 1.14 bits per heavy atom. The molecule has 1 aromatic rings. The molecule has 0 bridgehead atoms. The van der Waals surface area contributed by atoms with Gasteiger partial charge in [0.25, 0.3) is 0 Å². The minimum atomic E-state index is -1.19. The highest BCUT2D eigenvalue weighted by molar-refractivity contribution is 5.87. The van der Waals surface area contributed by atoms with Crippen molar-refractivity contribution in [1.82, 2.24) is 0 Å². The Labute approximate surface area is 129 Å². The second-order valence-electron chi connectivity index (χ2n) is 4.92. The van der Waals surface area contributed by atoms with Gasteiger partial charge in [0.05, 0.1) is 20.6 Å². The first-order chi connectivity index (χ1) is 10.6. The topological polar surface area (TPSA) is 61.8 Å². The van der Waals surface area contributed by atoms with Gasteiger partial charge in [-0.05, 0) is 18.2 Å². The van der Waals surface area contributed by atoms with Crippen LogP contribution in [0.2, 0.25) is 0 Å². The quantitative estimate of drug-likeness (QED) is 0.618. The molecule has 1 atom stereocenters. The Balaban J connectivity index is 2.28. The third-order valence-corrected chi connectivity index (χ3v) is 3.37. The molecule has 0 N–H and O–H groups in total. The predicted molar refractivity (Wildman–Crippen MR) is 80.0 cm³/mol. The van der Waals surface area contributed by atoms with Crippen molar-refractivity contribution in [3.05, 3.63) is 54.3 Å². The zero-order valence-electron chi connectivity index (χ0n) is 12.6. The number of ether oxygens (including phenoxy) is 3. The first-order valence-corrected chi connectivity index (χ1v) is 6.87. The monoisotopic (exact) mass is 302 g/mol. The molecule has 116 valence electrons. The summed E-state index contributed by atoms with van der Waals surface area (Å²) in [7, 11) is 2.57. The number of esters is 2. The number of hydrogen-bond donors (Lipinski definition) is 0. The summed E-state index contributed by atoms with van der Waals surface area (Å²) in [5, 5.41) is 0. The maximum absolute atomic E-state index is 12.2. The van der Waals surface area contributed by atoms with Crippen LogP contribution in [0.25, 0.3) is 0 Å². The Hall–Kier alpha value is -2.56. The largest absolute Gasteiger partial charge is 0.469 e. The summed E-state index contributed by atoms with van der Waals surface area (Å²) in [5.74, 6) is 0.235. The molecule has 1 aliphatic carbocycles. The number of allylic oxidation sites excluding steroid dienone is 1. The van der Waals surface area contributed by atoms with Crippen LogP contribution in [0.5, 0.6) is 5.75 Å². The number of carbonyl (C=O) groups excluding carboxylic acids is 2. The summed E-state index contributed by atoms with van der Waals surface area (Å²) in [4.78, 5) is 23.8. The van der Waals surface area contributed by atoms with Crippen molar-refractivity contribution in [1.29, 1.82) is 0 Å². The molecule has 1 aliphatic rings. The van der Waals surface area contributed by atoms with Gasteiger partial charge in [0.2, 0.25) is 0 Å². The fourth-order valence-electron chi connectivity index (χ4n) is 2.30. The lowest BCUT2D eigenvalue weighted by Gasteiger charge is -2.27. The van der Waals surface area contributed by atoms with E-state index >= 15 is 0 Å². The van der Waals surface area contributed by atoms with Crippen LogP contribution in [-0.4, -0.2) is 26.2 Å². The first-order valence-electron chi connectivity index (χ1n) is 6.87. The first kappa shape index (κ1) is 15.8. The lowest BCUT2D eigenvalue weighted by molar-refractivity contribution is -0.154. The summed E-state index contributed by atoms with van der Waals surface area (Å²) in [5.41, 5.74) is -1.19. The SMILES string of the molecule is COC(=O)CC1(C(=O)OC)C=CCC(Oc2ccccc2)=C1. The Kier molecular flexibility index (Phi) is 4.99. The van der Waals surface area contributed by atoms with Crippen LogP contribution in [0.15, 0.2) is 54.3 Å². The second-order valence-corrected chi connectivity index (χ2v) is 4.92. The number of methoxy groups -OCH3 is 2. The van der Waals surface area contributed by atoms with E-state index in [1.54, 1.807) is 18.2 Å². The summed E-state index contributed by atoms with van der Waals surface area (Å²) in [6.07, 6.45) is 5.48. The maximum atomic E-state index is 12.2.